The van der Waals surface area contributed by atoms with Crippen LogP contribution in [-0.2, 0) is 25.7 Å². The molecule has 0 heterocycles. The Kier molecular flexibility index (Phi) is 23.3. The van der Waals surface area contributed by atoms with Crippen LogP contribution in [0.2, 0.25) is 0 Å². The minimum absolute atomic E-state index is 0.983. The summed E-state index contributed by atoms with van der Waals surface area (Å²) < 4.78 is 0. The molecule has 0 amide bonds. The monoisotopic (exact) mass is 643 g/mol. The summed E-state index contributed by atoms with van der Waals surface area (Å²) in [6.07, 6.45) is 31.1. The van der Waals surface area contributed by atoms with Crippen LogP contribution in [0.1, 0.15) is 199 Å². The Morgan fingerprint density at radius 1 is 0.362 bits per heavy atom. The topological polar surface area (TPSA) is 24.7 Å². The summed E-state index contributed by atoms with van der Waals surface area (Å²) in [6, 6.07) is 14.2. The molecule has 47 heavy (non-hydrogen) atoms. The van der Waals surface area contributed by atoms with E-state index in [2.05, 4.69) is 77.9 Å². The second-order valence-electron chi connectivity index (χ2n) is 14.1. The van der Waals surface area contributed by atoms with Crippen LogP contribution in [0.15, 0.2) is 46.4 Å². The molecule has 0 fully saturated rings. The van der Waals surface area contributed by atoms with E-state index in [0.717, 1.165) is 30.6 Å². The first-order chi connectivity index (χ1) is 23.1. The van der Waals surface area contributed by atoms with Crippen molar-refractivity contribution < 1.29 is 0 Å². The van der Waals surface area contributed by atoms with Crippen LogP contribution in [0, 0.1) is 0 Å². The zero-order valence-electron chi connectivity index (χ0n) is 32.0. The Balaban J connectivity index is 2.50. The first-order valence-corrected chi connectivity index (χ1v) is 20.5. The molecular weight excluding hydrogens is 569 g/mol. The SMILES string of the molecule is CCCCCCCCC(=Nc1ccc(CCCCC)c(CCCCC)c1)C(CCC)=Nc1ccc(CCCCC)c(CCCCC)c1. The van der Waals surface area contributed by atoms with Crippen LogP contribution in [0.3, 0.4) is 0 Å². The van der Waals surface area contributed by atoms with Gasteiger partial charge in [-0.05, 0) is 117 Å². The molecule has 0 unspecified atom stereocenters. The minimum Gasteiger partial charge on any atom is -0.252 e. The van der Waals surface area contributed by atoms with Gasteiger partial charge in [0, 0.05) is 0 Å². The van der Waals surface area contributed by atoms with Crippen LogP contribution < -0.4 is 0 Å². The summed E-state index contributed by atoms with van der Waals surface area (Å²) in [6.45, 7) is 13.8. The maximum Gasteiger partial charge on any atom is 0.0636 e. The lowest BCUT2D eigenvalue weighted by atomic mass is 9.96. The van der Waals surface area contributed by atoms with Crippen molar-refractivity contribution in [3.05, 3.63) is 58.7 Å². The molecule has 0 bridgehead atoms. The molecule has 0 saturated heterocycles. The highest BCUT2D eigenvalue weighted by molar-refractivity contribution is 6.43. The minimum atomic E-state index is 0.983. The number of nitrogens with zero attached hydrogens (tertiary/aromatic N) is 2. The molecule has 2 nitrogen and oxygen atoms in total. The maximum absolute atomic E-state index is 5.47. The molecule has 0 radical (unpaired) electrons. The third kappa shape index (κ3) is 17.1. The van der Waals surface area contributed by atoms with Crippen molar-refractivity contribution in [1.29, 1.82) is 0 Å². The average molecular weight is 643 g/mol. The molecule has 0 saturated carbocycles. The van der Waals surface area contributed by atoms with Gasteiger partial charge < -0.3 is 0 Å². The molecule has 0 aliphatic rings. The van der Waals surface area contributed by atoms with Gasteiger partial charge in [-0.1, -0.05) is 144 Å². The van der Waals surface area contributed by atoms with E-state index < -0.39 is 0 Å². The van der Waals surface area contributed by atoms with E-state index in [4.69, 9.17) is 9.98 Å². The van der Waals surface area contributed by atoms with Gasteiger partial charge in [-0.25, -0.2) is 0 Å². The molecule has 0 N–H and O–H groups in total. The first kappa shape index (κ1) is 41.0. The summed E-state index contributed by atoms with van der Waals surface area (Å²) in [7, 11) is 0. The van der Waals surface area contributed by atoms with Gasteiger partial charge in [0.05, 0.1) is 22.8 Å². The highest BCUT2D eigenvalue weighted by atomic mass is 14.8. The lowest BCUT2D eigenvalue weighted by molar-refractivity contribution is 0.616. The Morgan fingerprint density at radius 2 is 0.723 bits per heavy atom. The summed E-state index contributed by atoms with van der Waals surface area (Å²) in [5.74, 6) is 0. The number of benzene rings is 2. The van der Waals surface area contributed by atoms with E-state index in [1.165, 1.54) is 164 Å². The molecule has 0 aromatic heterocycles. The third-order valence-corrected chi connectivity index (χ3v) is 9.69. The van der Waals surface area contributed by atoms with Crippen LogP contribution in [0.4, 0.5) is 11.4 Å². The van der Waals surface area contributed by atoms with E-state index in [1.54, 1.807) is 11.1 Å². The smallest absolute Gasteiger partial charge is 0.0636 e. The van der Waals surface area contributed by atoms with Gasteiger partial charge in [0.1, 0.15) is 0 Å². The van der Waals surface area contributed by atoms with E-state index in [9.17, 15) is 0 Å². The van der Waals surface area contributed by atoms with Crippen molar-refractivity contribution in [3.63, 3.8) is 0 Å². The number of hydrogen-bond acceptors (Lipinski definition) is 2. The van der Waals surface area contributed by atoms with Gasteiger partial charge in [-0.15, -0.1) is 0 Å². The molecular formula is C45H74N2. The molecule has 264 valence electrons. The maximum atomic E-state index is 5.47. The normalized spacial score (nSPS) is 12.3. The Bertz CT molecular complexity index is 1140. The van der Waals surface area contributed by atoms with E-state index >= 15 is 0 Å². The van der Waals surface area contributed by atoms with Gasteiger partial charge in [0.25, 0.3) is 0 Å². The van der Waals surface area contributed by atoms with Crippen LogP contribution >= 0.6 is 0 Å². The fourth-order valence-corrected chi connectivity index (χ4v) is 6.73. The number of aliphatic imine (C=N–C) groups is 2. The van der Waals surface area contributed by atoms with Crippen LogP contribution in [-0.4, -0.2) is 11.4 Å². The molecule has 2 rings (SSSR count). The number of hydrogen-bond donors (Lipinski definition) is 0. The van der Waals surface area contributed by atoms with Crippen molar-refractivity contribution in [3.8, 4) is 0 Å². The number of rotatable bonds is 28. The van der Waals surface area contributed by atoms with Gasteiger partial charge >= 0.3 is 0 Å². The van der Waals surface area contributed by atoms with Crippen molar-refractivity contribution in [1.82, 2.24) is 0 Å². The molecule has 0 aliphatic heterocycles. The van der Waals surface area contributed by atoms with E-state index in [1.807, 2.05) is 0 Å². The second-order valence-corrected chi connectivity index (χ2v) is 14.1. The quantitative estimate of drug-likeness (QED) is 0.0652. The number of aryl methyl sites for hydroxylation is 4. The van der Waals surface area contributed by atoms with Crippen molar-refractivity contribution in [2.24, 2.45) is 9.98 Å². The fourth-order valence-electron chi connectivity index (χ4n) is 6.73. The lowest BCUT2D eigenvalue weighted by Crippen LogP contribution is -2.14. The van der Waals surface area contributed by atoms with Crippen molar-refractivity contribution in [2.45, 2.75) is 202 Å². The highest BCUT2D eigenvalue weighted by Crippen LogP contribution is 2.27. The highest BCUT2D eigenvalue weighted by Gasteiger charge is 2.13. The van der Waals surface area contributed by atoms with Gasteiger partial charge in [-0.3, -0.25) is 9.98 Å². The Labute approximate surface area is 292 Å². The zero-order chi connectivity index (χ0) is 34.0. The average Bonchev–Trinajstić information content (AvgIpc) is 3.07. The third-order valence-electron chi connectivity index (χ3n) is 9.69. The molecule has 0 aliphatic carbocycles. The van der Waals surface area contributed by atoms with Crippen LogP contribution in [0.25, 0.3) is 0 Å². The zero-order valence-corrected chi connectivity index (χ0v) is 32.0. The number of unbranched alkanes of at least 4 members (excludes halogenated alkanes) is 13. The first-order valence-electron chi connectivity index (χ1n) is 20.5. The summed E-state index contributed by atoms with van der Waals surface area (Å²) in [5.41, 5.74) is 10.8. The lowest BCUT2D eigenvalue weighted by Gasteiger charge is -2.14. The summed E-state index contributed by atoms with van der Waals surface area (Å²) in [5, 5.41) is 0. The van der Waals surface area contributed by atoms with E-state index in [-0.39, 0.29) is 0 Å². The molecule has 0 atom stereocenters. The predicted octanol–water partition coefficient (Wildman–Crippen LogP) is 15.0. The molecule has 0 spiro atoms. The Hall–Kier alpha value is -2.22. The summed E-state index contributed by atoms with van der Waals surface area (Å²) in [4.78, 5) is 10.9. The van der Waals surface area contributed by atoms with Crippen LogP contribution in [0.5, 0.6) is 0 Å². The van der Waals surface area contributed by atoms with Gasteiger partial charge in [0.15, 0.2) is 0 Å². The largest absolute Gasteiger partial charge is 0.252 e. The Morgan fingerprint density at radius 3 is 1.15 bits per heavy atom. The summed E-state index contributed by atoms with van der Waals surface area (Å²) >= 11 is 0. The van der Waals surface area contributed by atoms with Crippen molar-refractivity contribution in [2.75, 3.05) is 0 Å². The molecule has 2 aromatic carbocycles. The standard InChI is InChI=1S/C45H74N2/c1-7-13-18-19-20-25-31-45(47-43-35-33-39(28-22-15-9-3)41(37-43)30-24-17-11-5)44(26-12-6)46-42-34-32-38(27-21-14-8-2)40(36-42)29-23-16-10-4/h32-37H,7-31H2,1-6H3. The molecule has 2 aromatic rings. The van der Waals surface area contributed by atoms with Gasteiger partial charge in [-0.2, -0.15) is 0 Å². The second kappa shape index (κ2) is 26.7. The predicted molar refractivity (Wildman–Crippen MR) is 213 cm³/mol. The fraction of sp³-hybridized carbons (Fsp3) is 0.689. The molecule has 2 heteroatoms. The van der Waals surface area contributed by atoms with Crippen molar-refractivity contribution >= 4 is 22.8 Å². The van der Waals surface area contributed by atoms with E-state index in [0.29, 0.717) is 0 Å². The van der Waals surface area contributed by atoms with Gasteiger partial charge in [0.2, 0.25) is 0 Å².